The Morgan fingerprint density at radius 2 is 1.45 bits per heavy atom. The Hall–Kier alpha value is -3.14. The predicted octanol–water partition coefficient (Wildman–Crippen LogP) is 2.61. The Morgan fingerprint density at radius 1 is 0.773 bits per heavy atom. The van der Waals surface area contributed by atoms with E-state index in [9.17, 15) is 19.8 Å². The van der Waals surface area contributed by atoms with Gasteiger partial charge in [-0.15, -0.1) is 0 Å². The third-order valence-electron chi connectivity index (χ3n) is 3.43. The van der Waals surface area contributed by atoms with Crippen molar-refractivity contribution in [2.24, 2.45) is 0 Å². The number of aromatic hydroxyl groups is 2. The van der Waals surface area contributed by atoms with Gasteiger partial charge in [0, 0.05) is 5.56 Å². The van der Waals surface area contributed by atoms with Gasteiger partial charge in [0.05, 0.1) is 0 Å². The molecule has 0 saturated carbocycles. The number of hydrogen-bond acceptors (Lipinski definition) is 4. The average molecular weight is 292 g/mol. The SMILES string of the molecule is O=C1C=CC(=C2C=CC(=O)C=C2c2cc(O)ccc2O)C=C1. The van der Waals surface area contributed by atoms with E-state index in [1.54, 1.807) is 18.2 Å². The summed E-state index contributed by atoms with van der Waals surface area (Å²) in [5.41, 5.74) is 2.30. The Bertz CT molecular complexity index is 815. The monoisotopic (exact) mass is 292 g/mol. The first-order chi connectivity index (χ1) is 10.5. The molecule has 22 heavy (non-hydrogen) atoms. The van der Waals surface area contributed by atoms with Crippen molar-refractivity contribution >= 4 is 17.1 Å². The van der Waals surface area contributed by atoms with Gasteiger partial charge < -0.3 is 10.2 Å². The second kappa shape index (κ2) is 5.33. The van der Waals surface area contributed by atoms with Gasteiger partial charge in [-0.2, -0.15) is 0 Å². The van der Waals surface area contributed by atoms with E-state index in [0.717, 1.165) is 5.57 Å². The molecule has 4 heteroatoms. The van der Waals surface area contributed by atoms with Gasteiger partial charge in [0.2, 0.25) is 0 Å². The van der Waals surface area contributed by atoms with Crippen LogP contribution in [0, 0.1) is 0 Å². The molecule has 0 spiro atoms. The minimum Gasteiger partial charge on any atom is -0.508 e. The molecule has 0 radical (unpaired) electrons. The molecule has 0 amide bonds. The highest BCUT2D eigenvalue weighted by Gasteiger charge is 2.18. The molecule has 108 valence electrons. The normalized spacial score (nSPS) is 17.2. The second-order valence-corrected chi connectivity index (χ2v) is 4.93. The zero-order valence-electron chi connectivity index (χ0n) is 11.5. The van der Waals surface area contributed by atoms with E-state index in [1.807, 2.05) is 0 Å². The van der Waals surface area contributed by atoms with E-state index in [1.165, 1.54) is 42.5 Å². The highest BCUT2D eigenvalue weighted by atomic mass is 16.3. The smallest absolute Gasteiger partial charge is 0.179 e. The predicted molar refractivity (Wildman–Crippen MR) is 82.2 cm³/mol. The lowest BCUT2D eigenvalue weighted by molar-refractivity contribution is -0.111. The first-order valence-corrected chi connectivity index (χ1v) is 6.65. The summed E-state index contributed by atoms with van der Waals surface area (Å²) in [5, 5.41) is 19.7. The maximum atomic E-state index is 11.7. The van der Waals surface area contributed by atoms with Crippen LogP contribution in [0.4, 0.5) is 0 Å². The summed E-state index contributed by atoms with van der Waals surface area (Å²) in [6.07, 6.45) is 10.6. The van der Waals surface area contributed by atoms with Crippen LogP contribution in [-0.2, 0) is 9.59 Å². The van der Waals surface area contributed by atoms with Crippen LogP contribution >= 0.6 is 0 Å². The van der Waals surface area contributed by atoms with Gasteiger partial charge in [0.1, 0.15) is 11.5 Å². The van der Waals surface area contributed by atoms with Crippen molar-refractivity contribution in [3.8, 4) is 11.5 Å². The molecule has 1 aromatic carbocycles. The van der Waals surface area contributed by atoms with Crippen molar-refractivity contribution in [3.05, 3.63) is 77.4 Å². The first kappa shape index (κ1) is 13.8. The van der Waals surface area contributed by atoms with Crippen LogP contribution in [0.2, 0.25) is 0 Å². The molecule has 0 saturated heterocycles. The lowest BCUT2D eigenvalue weighted by atomic mass is 9.87. The Kier molecular flexibility index (Phi) is 3.35. The van der Waals surface area contributed by atoms with Gasteiger partial charge in [-0.25, -0.2) is 0 Å². The second-order valence-electron chi connectivity index (χ2n) is 4.93. The lowest BCUT2D eigenvalue weighted by Crippen LogP contribution is -2.03. The molecule has 0 fully saturated rings. The van der Waals surface area contributed by atoms with Crippen LogP contribution in [0.15, 0.2) is 71.9 Å². The molecule has 1 aromatic rings. The van der Waals surface area contributed by atoms with Crippen LogP contribution in [0.1, 0.15) is 5.56 Å². The molecule has 0 heterocycles. The standard InChI is InChI=1S/C18H12O4/c19-12-3-1-11(2-4-12)15-7-5-13(20)9-16(15)17-10-14(21)6-8-18(17)22/h1-10,21-22H. The van der Waals surface area contributed by atoms with Crippen molar-refractivity contribution < 1.29 is 19.8 Å². The number of ketones is 2. The first-order valence-electron chi connectivity index (χ1n) is 6.65. The molecule has 0 bridgehead atoms. The number of benzene rings is 1. The number of hydrogen-bond donors (Lipinski definition) is 2. The van der Waals surface area contributed by atoms with Crippen LogP contribution in [0.25, 0.3) is 5.57 Å². The fourth-order valence-electron chi connectivity index (χ4n) is 2.37. The number of rotatable bonds is 1. The van der Waals surface area contributed by atoms with Crippen LogP contribution < -0.4 is 0 Å². The van der Waals surface area contributed by atoms with E-state index >= 15 is 0 Å². The fourth-order valence-corrected chi connectivity index (χ4v) is 2.37. The van der Waals surface area contributed by atoms with E-state index in [2.05, 4.69) is 0 Å². The minimum absolute atomic E-state index is 0.00930. The number of phenols is 2. The van der Waals surface area contributed by atoms with Crippen molar-refractivity contribution in [1.82, 2.24) is 0 Å². The summed E-state index contributed by atoms with van der Waals surface area (Å²) < 4.78 is 0. The Balaban J connectivity index is 2.18. The molecule has 0 atom stereocenters. The van der Waals surface area contributed by atoms with Crippen molar-refractivity contribution in [2.45, 2.75) is 0 Å². The molecular formula is C18H12O4. The molecule has 0 unspecified atom stereocenters. The summed E-state index contributed by atoms with van der Waals surface area (Å²) in [4.78, 5) is 22.9. The van der Waals surface area contributed by atoms with E-state index in [4.69, 9.17) is 0 Å². The van der Waals surface area contributed by atoms with Crippen LogP contribution in [0.3, 0.4) is 0 Å². The van der Waals surface area contributed by atoms with E-state index in [-0.39, 0.29) is 23.1 Å². The quantitative estimate of drug-likeness (QED) is 0.780. The fraction of sp³-hybridized carbons (Fsp3) is 0. The average Bonchev–Trinajstić information content (AvgIpc) is 2.51. The van der Waals surface area contributed by atoms with Gasteiger partial charge in [-0.3, -0.25) is 9.59 Å². The molecular weight excluding hydrogens is 280 g/mol. The van der Waals surface area contributed by atoms with Crippen molar-refractivity contribution in [2.75, 3.05) is 0 Å². The number of carbonyl (C=O) groups excluding carboxylic acids is 2. The van der Waals surface area contributed by atoms with E-state index in [0.29, 0.717) is 16.7 Å². The van der Waals surface area contributed by atoms with Crippen LogP contribution in [-0.4, -0.2) is 21.8 Å². The summed E-state index contributed by atoms with van der Waals surface area (Å²) in [6.45, 7) is 0. The zero-order valence-corrected chi connectivity index (χ0v) is 11.5. The summed E-state index contributed by atoms with van der Waals surface area (Å²) in [6, 6.07) is 4.13. The number of phenolic OH excluding ortho intramolecular Hbond substituents is 2. The number of carbonyl (C=O) groups is 2. The highest BCUT2D eigenvalue weighted by molar-refractivity contribution is 6.11. The third kappa shape index (κ3) is 2.54. The maximum Gasteiger partial charge on any atom is 0.179 e. The van der Waals surface area contributed by atoms with Gasteiger partial charge in [0.25, 0.3) is 0 Å². The largest absolute Gasteiger partial charge is 0.508 e. The number of allylic oxidation sites excluding steroid dienone is 10. The van der Waals surface area contributed by atoms with Gasteiger partial charge in [-0.1, -0.05) is 12.2 Å². The van der Waals surface area contributed by atoms with E-state index < -0.39 is 0 Å². The zero-order chi connectivity index (χ0) is 15.7. The van der Waals surface area contributed by atoms with Crippen molar-refractivity contribution in [3.63, 3.8) is 0 Å². The minimum atomic E-state index is -0.207. The van der Waals surface area contributed by atoms with Crippen molar-refractivity contribution in [1.29, 1.82) is 0 Å². The molecule has 2 N–H and O–H groups in total. The Morgan fingerprint density at radius 3 is 2.18 bits per heavy atom. The summed E-state index contributed by atoms with van der Waals surface area (Å²) in [5.74, 6) is -0.358. The maximum absolute atomic E-state index is 11.7. The molecule has 0 aromatic heterocycles. The molecule has 4 nitrogen and oxygen atoms in total. The lowest BCUT2D eigenvalue weighted by Gasteiger charge is -2.17. The third-order valence-corrected chi connectivity index (χ3v) is 3.43. The molecule has 2 aliphatic carbocycles. The summed E-state index contributed by atoms with van der Waals surface area (Å²) in [7, 11) is 0. The van der Waals surface area contributed by atoms with Gasteiger partial charge in [-0.05, 0) is 65.3 Å². The highest BCUT2D eigenvalue weighted by Crippen LogP contribution is 2.37. The molecule has 0 aliphatic heterocycles. The summed E-state index contributed by atoms with van der Waals surface area (Å²) >= 11 is 0. The van der Waals surface area contributed by atoms with Gasteiger partial charge in [0.15, 0.2) is 11.6 Å². The Labute approximate surface area is 126 Å². The molecule has 3 rings (SSSR count). The van der Waals surface area contributed by atoms with Crippen LogP contribution in [0.5, 0.6) is 11.5 Å². The van der Waals surface area contributed by atoms with Gasteiger partial charge >= 0.3 is 0 Å². The topological polar surface area (TPSA) is 74.6 Å². The molecule has 2 aliphatic rings.